The highest BCUT2D eigenvalue weighted by Crippen LogP contribution is 2.37. The predicted octanol–water partition coefficient (Wildman–Crippen LogP) is 5.98. The van der Waals surface area contributed by atoms with E-state index in [9.17, 15) is 10.1 Å². The van der Waals surface area contributed by atoms with E-state index >= 15 is 0 Å². The normalized spacial score (nSPS) is 10.8. The molecule has 3 rings (SSSR count). The van der Waals surface area contributed by atoms with Gasteiger partial charge in [0, 0.05) is 5.69 Å². The average molecular weight is 507 g/mol. The van der Waals surface area contributed by atoms with Gasteiger partial charge in [0.05, 0.1) is 18.2 Å². The number of carbonyl (C=O) groups excluding carboxylic acids is 1. The largest absolute Gasteiger partial charge is 0.494 e. The topological polar surface area (TPSA) is 80.6 Å². The van der Waals surface area contributed by atoms with E-state index in [1.54, 1.807) is 36.4 Å². The Morgan fingerprint density at radius 3 is 2.45 bits per heavy atom. The van der Waals surface area contributed by atoms with Crippen molar-refractivity contribution >= 4 is 33.6 Å². The summed E-state index contributed by atoms with van der Waals surface area (Å²) in [5.74, 6) is 1.21. The van der Waals surface area contributed by atoms with Crippen LogP contribution in [0.25, 0.3) is 6.08 Å². The van der Waals surface area contributed by atoms with Crippen LogP contribution in [0, 0.1) is 11.3 Å². The molecule has 1 N–H and O–H groups in total. The number of nitrogens with zero attached hydrogens (tertiary/aromatic N) is 1. The molecule has 0 spiro atoms. The summed E-state index contributed by atoms with van der Waals surface area (Å²) in [6, 6.07) is 22.2. The molecule has 0 atom stereocenters. The number of ether oxygens (including phenoxy) is 3. The maximum Gasteiger partial charge on any atom is 0.266 e. The Labute approximate surface area is 201 Å². The van der Waals surface area contributed by atoms with Crippen molar-refractivity contribution in [2.75, 3.05) is 19.0 Å². The van der Waals surface area contributed by atoms with Crippen LogP contribution in [0.2, 0.25) is 0 Å². The van der Waals surface area contributed by atoms with Gasteiger partial charge >= 0.3 is 0 Å². The van der Waals surface area contributed by atoms with E-state index in [1.807, 2.05) is 43.3 Å². The van der Waals surface area contributed by atoms with Gasteiger partial charge < -0.3 is 19.5 Å². The van der Waals surface area contributed by atoms with Crippen LogP contribution in [0.15, 0.2) is 76.8 Å². The Balaban J connectivity index is 1.77. The lowest BCUT2D eigenvalue weighted by atomic mass is 10.1. The summed E-state index contributed by atoms with van der Waals surface area (Å²) in [6.07, 6.45) is 1.50. The molecule has 7 heteroatoms. The van der Waals surface area contributed by atoms with Crippen LogP contribution in [0.4, 0.5) is 5.69 Å². The van der Waals surface area contributed by atoms with Gasteiger partial charge in [-0.2, -0.15) is 5.26 Å². The molecule has 0 aliphatic heterocycles. The van der Waals surface area contributed by atoms with E-state index in [0.717, 1.165) is 5.56 Å². The predicted molar refractivity (Wildman–Crippen MR) is 131 cm³/mol. The van der Waals surface area contributed by atoms with Gasteiger partial charge in [-0.05, 0) is 76.5 Å². The van der Waals surface area contributed by atoms with E-state index in [-0.39, 0.29) is 5.57 Å². The molecule has 33 heavy (non-hydrogen) atoms. The van der Waals surface area contributed by atoms with Crippen molar-refractivity contribution in [3.05, 3.63) is 87.9 Å². The highest BCUT2D eigenvalue weighted by atomic mass is 79.9. The average Bonchev–Trinajstić information content (AvgIpc) is 2.83. The SMILES string of the molecule is CCOc1ccc(NC(=O)/C(C#N)=C\c2cc(Br)c(OCc3ccccc3)c(OC)c2)cc1. The van der Waals surface area contributed by atoms with Gasteiger partial charge in [-0.25, -0.2) is 0 Å². The minimum absolute atomic E-state index is 0.0456. The molecule has 0 heterocycles. The molecule has 168 valence electrons. The van der Waals surface area contributed by atoms with Crippen LogP contribution in [0.5, 0.6) is 17.2 Å². The summed E-state index contributed by atoms with van der Waals surface area (Å²) in [5, 5.41) is 12.3. The summed E-state index contributed by atoms with van der Waals surface area (Å²) in [6.45, 7) is 2.83. The lowest BCUT2D eigenvalue weighted by Crippen LogP contribution is -2.13. The third-order valence-electron chi connectivity index (χ3n) is 4.58. The second-order valence-corrected chi connectivity index (χ2v) is 7.74. The van der Waals surface area contributed by atoms with Gasteiger partial charge in [0.2, 0.25) is 0 Å². The Bertz CT molecular complexity index is 1170. The quantitative estimate of drug-likeness (QED) is 0.285. The third kappa shape index (κ3) is 6.61. The molecule has 0 unspecified atom stereocenters. The van der Waals surface area contributed by atoms with Gasteiger partial charge in [0.25, 0.3) is 5.91 Å². The van der Waals surface area contributed by atoms with Crippen LogP contribution >= 0.6 is 15.9 Å². The molecule has 0 bridgehead atoms. The highest BCUT2D eigenvalue weighted by Gasteiger charge is 2.14. The maximum absolute atomic E-state index is 12.6. The van der Waals surface area contributed by atoms with Crippen molar-refractivity contribution in [1.82, 2.24) is 0 Å². The van der Waals surface area contributed by atoms with Gasteiger partial charge in [-0.15, -0.1) is 0 Å². The number of benzene rings is 3. The zero-order chi connectivity index (χ0) is 23.6. The first-order chi connectivity index (χ1) is 16.0. The smallest absolute Gasteiger partial charge is 0.266 e. The summed E-state index contributed by atoms with van der Waals surface area (Å²) < 4.78 is 17.5. The van der Waals surface area contributed by atoms with E-state index in [4.69, 9.17) is 14.2 Å². The van der Waals surface area contributed by atoms with Crippen molar-refractivity contribution < 1.29 is 19.0 Å². The van der Waals surface area contributed by atoms with Crippen LogP contribution < -0.4 is 19.5 Å². The van der Waals surface area contributed by atoms with Crippen LogP contribution in [-0.2, 0) is 11.4 Å². The van der Waals surface area contributed by atoms with E-state index < -0.39 is 5.91 Å². The van der Waals surface area contributed by atoms with Gasteiger partial charge in [0.1, 0.15) is 24.0 Å². The Kier molecular flexibility index (Phi) is 8.50. The number of rotatable bonds is 9. The summed E-state index contributed by atoms with van der Waals surface area (Å²) in [5.41, 5.74) is 2.15. The van der Waals surface area contributed by atoms with Crippen molar-refractivity contribution in [1.29, 1.82) is 5.26 Å². The van der Waals surface area contributed by atoms with Gasteiger partial charge in [-0.1, -0.05) is 30.3 Å². The molecule has 3 aromatic rings. The fraction of sp³-hybridized carbons (Fsp3) is 0.154. The lowest BCUT2D eigenvalue weighted by Gasteiger charge is -2.14. The molecule has 0 saturated heterocycles. The van der Waals surface area contributed by atoms with Crippen molar-refractivity contribution in [3.8, 4) is 23.3 Å². The van der Waals surface area contributed by atoms with Gasteiger partial charge in [0.15, 0.2) is 11.5 Å². The van der Waals surface area contributed by atoms with Crippen molar-refractivity contribution in [2.45, 2.75) is 13.5 Å². The first-order valence-corrected chi connectivity index (χ1v) is 11.0. The Morgan fingerprint density at radius 2 is 1.82 bits per heavy atom. The van der Waals surface area contributed by atoms with Crippen molar-refractivity contribution in [2.24, 2.45) is 0 Å². The van der Waals surface area contributed by atoms with Gasteiger partial charge in [-0.3, -0.25) is 4.79 Å². The van der Waals surface area contributed by atoms with Crippen molar-refractivity contribution in [3.63, 3.8) is 0 Å². The molecule has 1 amide bonds. The molecule has 0 aromatic heterocycles. The first-order valence-electron chi connectivity index (χ1n) is 10.2. The molecule has 0 aliphatic carbocycles. The number of hydrogen-bond donors (Lipinski definition) is 1. The molecule has 0 saturated carbocycles. The number of hydrogen-bond acceptors (Lipinski definition) is 5. The number of nitriles is 1. The highest BCUT2D eigenvalue weighted by molar-refractivity contribution is 9.10. The lowest BCUT2D eigenvalue weighted by molar-refractivity contribution is -0.112. The molecule has 6 nitrogen and oxygen atoms in total. The third-order valence-corrected chi connectivity index (χ3v) is 5.17. The second kappa shape index (κ2) is 11.7. The number of halogens is 1. The second-order valence-electron chi connectivity index (χ2n) is 6.89. The molecule has 3 aromatic carbocycles. The minimum Gasteiger partial charge on any atom is -0.494 e. The van der Waals surface area contributed by atoms with E-state index in [2.05, 4.69) is 21.2 Å². The molecular formula is C26H23BrN2O4. The molecule has 0 fully saturated rings. The maximum atomic E-state index is 12.6. The molecule has 0 radical (unpaired) electrons. The molecule has 0 aliphatic rings. The fourth-order valence-electron chi connectivity index (χ4n) is 3.01. The molecular weight excluding hydrogens is 484 g/mol. The standard InChI is InChI=1S/C26H23BrN2O4/c1-3-32-22-11-9-21(10-12-22)29-26(30)20(16-28)13-19-14-23(27)25(24(15-19)31-2)33-17-18-7-5-4-6-8-18/h4-15H,3,17H2,1-2H3,(H,29,30)/b20-13-. The Morgan fingerprint density at radius 1 is 1.09 bits per heavy atom. The number of anilines is 1. The van der Waals surface area contributed by atoms with Crippen LogP contribution in [0.1, 0.15) is 18.1 Å². The van der Waals surface area contributed by atoms with Crippen LogP contribution in [-0.4, -0.2) is 19.6 Å². The fourth-order valence-corrected chi connectivity index (χ4v) is 3.58. The number of nitrogens with one attached hydrogen (secondary N) is 1. The summed E-state index contributed by atoms with van der Waals surface area (Å²) >= 11 is 3.50. The summed E-state index contributed by atoms with van der Waals surface area (Å²) in [7, 11) is 1.54. The van der Waals surface area contributed by atoms with Crippen LogP contribution in [0.3, 0.4) is 0 Å². The number of carbonyl (C=O) groups is 1. The van der Waals surface area contributed by atoms with E-state index in [1.165, 1.54) is 13.2 Å². The number of amides is 1. The minimum atomic E-state index is -0.513. The Hall–Kier alpha value is -3.76. The zero-order valence-electron chi connectivity index (χ0n) is 18.3. The first kappa shape index (κ1) is 23.9. The zero-order valence-corrected chi connectivity index (χ0v) is 19.9. The number of methoxy groups -OCH3 is 1. The monoisotopic (exact) mass is 506 g/mol. The van der Waals surface area contributed by atoms with E-state index in [0.29, 0.717) is 46.2 Å². The summed E-state index contributed by atoms with van der Waals surface area (Å²) in [4.78, 5) is 12.6.